The first kappa shape index (κ1) is 15.4. The Bertz CT molecular complexity index is 641. The molecule has 0 radical (unpaired) electrons. The van der Waals surface area contributed by atoms with Gasteiger partial charge >= 0.3 is 0 Å². The Balaban J connectivity index is 2.34. The van der Waals surface area contributed by atoms with E-state index in [4.69, 9.17) is 0 Å². The van der Waals surface area contributed by atoms with Crippen molar-refractivity contribution in [2.24, 2.45) is 0 Å². The maximum absolute atomic E-state index is 13.7. The van der Waals surface area contributed by atoms with E-state index >= 15 is 0 Å². The van der Waals surface area contributed by atoms with E-state index in [0.29, 0.717) is 17.7 Å². The highest BCUT2D eigenvalue weighted by Gasteiger charge is 2.15. The number of benzene rings is 1. The summed E-state index contributed by atoms with van der Waals surface area (Å²) in [6.07, 6.45) is -0.719. The van der Waals surface area contributed by atoms with Crippen LogP contribution < -0.4 is 4.90 Å². The van der Waals surface area contributed by atoms with Crippen LogP contribution in [0.15, 0.2) is 30.3 Å². The molecule has 0 saturated carbocycles. The Morgan fingerprint density at radius 3 is 2.62 bits per heavy atom. The highest BCUT2D eigenvalue weighted by atomic mass is 19.1. The summed E-state index contributed by atoms with van der Waals surface area (Å²) in [6.45, 7) is 5.93. The molecule has 1 heterocycles. The zero-order valence-corrected chi connectivity index (χ0v) is 12.9. The molecular formula is C17H21FN2O. The number of nitrogens with zero attached hydrogens (tertiary/aromatic N) is 2. The van der Waals surface area contributed by atoms with Gasteiger partial charge in [0.1, 0.15) is 5.82 Å². The lowest BCUT2D eigenvalue weighted by Crippen LogP contribution is -2.20. The van der Waals surface area contributed by atoms with Crippen molar-refractivity contribution in [3.8, 4) is 0 Å². The lowest BCUT2D eigenvalue weighted by atomic mass is 10.0. The third-order valence-electron chi connectivity index (χ3n) is 3.51. The summed E-state index contributed by atoms with van der Waals surface area (Å²) in [5.41, 5.74) is 3.89. The van der Waals surface area contributed by atoms with Gasteiger partial charge in [-0.3, -0.25) is 4.98 Å². The molecule has 112 valence electrons. The SMILES string of the molecule is Cc1cccc(CN(C)c2cc(C)c(F)cc2C(C)O)n1. The van der Waals surface area contributed by atoms with Crippen LogP contribution in [-0.4, -0.2) is 17.1 Å². The first-order valence-electron chi connectivity index (χ1n) is 7.00. The highest BCUT2D eigenvalue weighted by Crippen LogP contribution is 2.29. The molecule has 3 nitrogen and oxygen atoms in total. The zero-order valence-electron chi connectivity index (χ0n) is 12.9. The minimum absolute atomic E-state index is 0.295. The summed E-state index contributed by atoms with van der Waals surface area (Å²) >= 11 is 0. The maximum atomic E-state index is 13.7. The fourth-order valence-corrected chi connectivity index (χ4v) is 2.36. The van der Waals surface area contributed by atoms with Crippen LogP contribution in [0, 0.1) is 19.7 Å². The molecule has 1 atom stereocenters. The molecule has 1 N–H and O–H groups in total. The van der Waals surface area contributed by atoms with Crippen LogP contribution >= 0.6 is 0 Å². The minimum atomic E-state index is -0.719. The number of rotatable bonds is 4. The van der Waals surface area contributed by atoms with E-state index < -0.39 is 6.10 Å². The van der Waals surface area contributed by atoms with Gasteiger partial charge in [-0.1, -0.05) is 6.07 Å². The first-order chi connectivity index (χ1) is 9.88. The standard InChI is InChI=1S/C17H21FN2O/c1-11-8-17(15(13(3)21)9-16(11)18)20(4)10-14-7-5-6-12(2)19-14/h5-9,13,21H,10H2,1-4H3. The number of aliphatic hydroxyl groups is 1. The van der Waals surface area contributed by atoms with Gasteiger partial charge in [-0.15, -0.1) is 0 Å². The molecule has 0 aliphatic heterocycles. The molecule has 0 aliphatic carbocycles. The number of hydrogen-bond donors (Lipinski definition) is 1. The Hall–Kier alpha value is -1.94. The van der Waals surface area contributed by atoms with Crippen molar-refractivity contribution in [2.45, 2.75) is 33.4 Å². The summed E-state index contributed by atoms with van der Waals surface area (Å²) < 4.78 is 13.7. The van der Waals surface area contributed by atoms with Crippen molar-refractivity contribution in [3.05, 3.63) is 58.7 Å². The van der Waals surface area contributed by atoms with Crippen molar-refractivity contribution in [2.75, 3.05) is 11.9 Å². The van der Waals surface area contributed by atoms with Gasteiger partial charge in [0.05, 0.1) is 18.3 Å². The molecule has 0 bridgehead atoms. The van der Waals surface area contributed by atoms with Crippen molar-refractivity contribution < 1.29 is 9.50 Å². The second-order valence-corrected chi connectivity index (χ2v) is 5.46. The fourth-order valence-electron chi connectivity index (χ4n) is 2.36. The molecule has 1 unspecified atom stereocenters. The third-order valence-corrected chi connectivity index (χ3v) is 3.51. The van der Waals surface area contributed by atoms with Crippen LogP contribution in [0.2, 0.25) is 0 Å². The summed E-state index contributed by atoms with van der Waals surface area (Å²) in [4.78, 5) is 6.46. The molecule has 1 aromatic carbocycles. The van der Waals surface area contributed by atoms with Crippen LogP contribution in [0.5, 0.6) is 0 Å². The molecule has 0 amide bonds. The summed E-state index contributed by atoms with van der Waals surface area (Å²) in [7, 11) is 1.92. The van der Waals surface area contributed by atoms with Crippen LogP contribution in [0.25, 0.3) is 0 Å². The number of anilines is 1. The number of aromatic nitrogens is 1. The predicted octanol–water partition coefficient (Wildman–Crippen LogP) is 3.53. The Morgan fingerprint density at radius 1 is 1.29 bits per heavy atom. The van der Waals surface area contributed by atoms with Gasteiger partial charge in [0.25, 0.3) is 0 Å². The van der Waals surface area contributed by atoms with E-state index in [1.54, 1.807) is 19.9 Å². The highest BCUT2D eigenvalue weighted by molar-refractivity contribution is 5.56. The number of halogens is 1. The lowest BCUT2D eigenvalue weighted by molar-refractivity contribution is 0.199. The van der Waals surface area contributed by atoms with Gasteiger partial charge in [0, 0.05) is 24.0 Å². The average molecular weight is 288 g/mol. The van der Waals surface area contributed by atoms with Crippen LogP contribution in [0.4, 0.5) is 10.1 Å². The molecule has 21 heavy (non-hydrogen) atoms. The number of hydrogen-bond acceptors (Lipinski definition) is 3. The monoisotopic (exact) mass is 288 g/mol. The number of aryl methyl sites for hydroxylation is 2. The summed E-state index contributed by atoms with van der Waals surface area (Å²) in [6, 6.07) is 9.06. The average Bonchev–Trinajstić information content (AvgIpc) is 2.41. The van der Waals surface area contributed by atoms with Crippen molar-refractivity contribution in [1.29, 1.82) is 0 Å². The minimum Gasteiger partial charge on any atom is -0.389 e. The normalized spacial score (nSPS) is 12.3. The van der Waals surface area contributed by atoms with Gasteiger partial charge in [0.2, 0.25) is 0 Å². The predicted molar refractivity (Wildman–Crippen MR) is 82.9 cm³/mol. The second-order valence-electron chi connectivity index (χ2n) is 5.46. The van der Waals surface area contributed by atoms with Gasteiger partial charge in [-0.2, -0.15) is 0 Å². The molecule has 0 saturated heterocycles. The van der Waals surface area contributed by atoms with E-state index in [1.165, 1.54) is 6.07 Å². The third kappa shape index (κ3) is 3.58. The largest absolute Gasteiger partial charge is 0.389 e. The number of pyridine rings is 1. The summed E-state index contributed by atoms with van der Waals surface area (Å²) in [5, 5.41) is 9.87. The van der Waals surface area contributed by atoms with E-state index in [2.05, 4.69) is 4.98 Å². The molecule has 0 aliphatic rings. The van der Waals surface area contributed by atoms with Crippen LogP contribution in [0.1, 0.15) is 35.5 Å². The van der Waals surface area contributed by atoms with Gasteiger partial charge in [0.15, 0.2) is 0 Å². The first-order valence-corrected chi connectivity index (χ1v) is 7.00. The summed E-state index contributed by atoms with van der Waals surface area (Å²) in [5.74, 6) is -0.295. The van der Waals surface area contributed by atoms with Crippen LogP contribution in [-0.2, 0) is 6.54 Å². The zero-order chi connectivity index (χ0) is 15.6. The fraction of sp³-hybridized carbons (Fsp3) is 0.353. The van der Waals surface area contributed by atoms with E-state index in [0.717, 1.165) is 17.1 Å². The molecule has 0 spiro atoms. The van der Waals surface area contributed by atoms with Gasteiger partial charge in [-0.25, -0.2) is 4.39 Å². The van der Waals surface area contributed by atoms with Gasteiger partial charge < -0.3 is 10.0 Å². The van der Waals surface area contributed by atoms with Crippen LogP contribution in [0.3, 0.4) is 0 Å². The molecular weight excluding hydrogens is 267 g/mol. The molecule has 2 aromatic rings. The van der Waals surface area contributed by atoms with Crippen molar-refractivity contribution >= 4 is 5.69 Å². The van der Waals surface area contributed by atoms with E-state index in [1.807, 2.05) is 37.1 Å². The van der Waals surface area contributed by atoms with Gasteiger partial charge in [-0.05, 0) is 50.6 Å². The molecule has 4 heteroatoms. The Morgan fingerprint density at radius 2 is 2.00 bits per heavy atom. The molecule has 2 rings (SSSR count). The molecule has 0 fully saturated rings. The Labute approximate surface area is 125 Å². The van der Waals surface area contributed by atoms with E-state index in [9.17, 15) is 9.50 Å². The quantitative estimate of drug-likeness (QED) is 0.935. The second kappa shape index (κ2) is 6.22. The molecule has 1 aromatic heterocycles. The van der Waals surface area contributed by atoms with Crippen molar-refractivity contribution in [1.82, 2.24) is 4.98 Å². The maximum Gasteiger partial charge on any atom is 0.126 e. The lowest BCUT2D eigenvalue weighted by Gasteiger charge is -2.24. The van der Waals surface area contributed by atoms with E-state index in [-0.39, 0.29) is 5.82 Å². The smallest absolute Gasteiger partial charge is 0.126 e. The Kier molecular flexibility index (Phi) is 4.58. The topological polar surface area (TPSA) is 36.4 Å². The van der Waals surface area contributed by atoms with Crippen molar-refractivity contribution in [3.63, 3.8) is 0 Å². The number of aliphatic hydroxyl groups excluding tert-OH is 1.